The summed E-state index contributed by atoms with van der Waals surface area (Å²) in [4.78, 5) is 13.8. The Morgan fingerprint density at radius 2 is 2.10 bits per heavy atom. The second-order valence-electron chi connectivity index (χ2n) is 5.99. The van der Waals surface area contributed by atoms with Gasteiger partial charge in [0.1, 0.15) is 5.82 Å². The van der Waals surface area contributed by atoms with Crippen molar-refractivity contribution in [3.63, 3.8) is 0 Å². The number of rotatable bonds is 3. The zero-order chi connectivity index (χ0) is 14.8. The lowest BCUT2D eigenvalue weighted by Crippen LogP contribution is -2.54. The highest BCUT2D eigenvalue weighted by atomic mass is 19.1. The van der Waals surface area contributed by atoms with Crippen molar-refractivity contribution in [3.8, 4) is 0 Å². The lowest BCUT2D eigenvalue weighted by atomic mass is 9.81. The lowest BCUT2D eigenvalue weighted by molar-refractivity contribution is -0.131. The largest absolute Gasteiger partial charge is 0.375 e. The van der Waals surface area contributed by atoms with Crippen molar-refractivity contribution in [3.05, 3.63) is 35.6 Å². The van der Waals surface area contributed by atoms with Gasteiger partial charge in [-0.25, -0.2) is 4.39 Å². The highest BCUT2D eigenvalue weighted by Crippen LogP contribution is 2.32. The van der Waals surface area contributed by atoms with E-state index in [0.29, 0.717) is 6.61 Å². The Labute approximate surface area is 124 Å². The van der Waals surface area contributed by atoms with Gasteiger partial charge in [-0.15, -0.1) is 0 Å². The molecule has 1 aliphatic carbocycles. The van der Waals surface area contributed by atoms with E-state index in [4.69, 9.17) is 10.5 Å². The van der Waals surface area contributed by atoms with Crippen LogP contribution in [-0.4, -0.2) is 36.1 Å². The Morgan fingerprint density at radius 1 is 1.33 bits per heavy atom. The highest BCUT2D eigenvalue weighted by molar-refractivity contribution is 5.76. The van der Waals surface area contributed by atoms with Gasteiger partial charge in [0.15, 0.2) is 0 Å². The van der Waals surface area contributed by atoms with Crippen molar-refractivity contribution in [1.82, 2.24) is 4.90 Å². The first-order valence-electron chi connectivity index (χ1n) is 7.53. The molecule has 2 aliphatic rings. The molecule has 1 aromatic rings. The highest BCUT2D eigenvalue weighted by Gasteiger charge is 2.39. The molecule has 0 radical (unpaired) electrons. The van der Waals surface area contributed by atoms with Crippen LogP contribution in [0, 0.1) is 11.7 Å². The lowest BCUT2D eigenvalue weighted by Gasteiger charge is -2.45. The Morgan fingerprint density at radius 3 is 2.81 bits per heavy atom. The van der Waals surface area contributed by atoms with Crippen LogP contribution < -0.4 is 5.73 Å². The number of ether oxygens (including phenoxy) is 1. The Bertz CT molecular complexity index is 506. The molecule has 3 atom stereocenters. The van der Waals surface area contributed by atoms with Crippen LogP contribution >= 0.6 is 0 Å². The molecule has 1 aliphatic heterocycles. The van der Waals surface area contributed by atoms with E-state index < -0.39 is 0 Å². The quantitative estimate of drug-likeness (QED) is 0.922. The van der Waals surface area contributed by atoms with Crippen molar-refractivity contribution >= 4 is 5.91 Å². The minimum atomic E-state index is -0.218. The molecule has 1 saturated heterocycles. The van der Waals surface area contributed by atoms with Gasteiger partial charge in [-0.3, -0.25) is 9.69 Å². The maximum absolute atomic E-state index is 13.0. The van der Waals surface area contributed by atoms with E-state index in [9.17, 15) is 9.18 Å². The molecular weight excluding hydrogens is 271 g/mol. The van der Waals surface area contributed by atoms with Gasteiger partial charge < -0.3 is 10.5 Å². The second kappa shape index (κ2) is 6.12. The predicted molar refractivity (Wildman–Crippen MR) is 76.9 cm³/mol. The number of primary amides is 1. The van der Waals surface area contributed by atoms with E-state index in [1.54, 1.807) is 0 Å². The maximum atomic E-state index is 13.0. The van der Waals surface area contributed by atoms with Crippen LogP contribution in [0.2, 0.25) is 0 Å². The minimum absolute atomic E-state index is 0.0522. The van der Waals surface area contributed by atoms with Crippen molar-refractivity contribution in [2.45, 2.75) is 38.0 Å². The fourth-order valence-corrected chi connectivity index (χ4v) is 3.46. The third-order valence-electron chi connectivity index (χ3n) is 4.64. The summed E-state index contributed by atoms with van der Waals surface area (Å²) in [6.07, 6.45) is 2.66. The van der Waals surface area contributed by atoms with Gasteiger partial charge in [0.05, 0.1) is 12.7 Å². The number of amides is 1. The summed E-state index contributed by atoms with van der Waals surface area (Å²) < 4.78 is 18.8. The molecule has 3 rings (SSSR count). The summed E-state index contributed by atoms with van der Waals surface area (Å²) in [5.41, 5.74) is 6.55. The average Bonchev–Trinajstić information content (AvgIpc) is 2.49. The summed E-state index contributed by atoms with van der Waals surface area (Å²) in [5.74, 6) is -0.477. The van der Waals surface area contributed by atoms with Gasteiger partial charge in [0.25, 0.3) is 0 Å². The van der Waals surface area contributed by atoms with Crippen molar-refractivity contribution in [1.29, 1.82) is 0 Å². The third kappa shape index (κ3) is 3.24. The van der Waals surface area contributed by atoms with E-state index in [2.05, 4.69) is 4.90 Å². The number of carbonyl (C=O) groups is 1. The average molecular weight is 292 g/mol. The SMILES string of the molecule is NC(=O)[C@H]1CC[C@H]2OCCN(Cc3ccc(F)cc3)[C@@H]2C1. The first-order chi connectivity index (χ1) is 10.1. The molecule has 21 heavy (non-hydrogen) atoms. The number of nitrogens with zero attached hydrogens (tertiary/aromatic N) is 1. The summed E-state index contributed by atoms with van der Waals surface area (Å²) >= 11 is 0. The molecule has 0 bridgehead atoms. The number of morpholine rings is 1. The smallest absolute Gasteiger partial charge is 0.220 e. The number of nitrogens with two attached hydrogens (primary N) is 1. The number of carbonyl (C=O) groups excluding carboxylic acids is 1. The van der Waals surface area contributed by atoms with Crippen LogP contribution in [0.5, 0.6) is 0 Å². The van der Waals surface area contributed by atoms with Crippen molar-refractivity contribution < 1.29 is 13.9 Å². The fraction of sp³-hybridized carbons (Fsp3) is 0.562. The van der Waals surface area contributed by atoms with Crippen molar-refractivity contribution in [2.24, 2.45) is 11.7 Å². The Balaban J connectivity index is 1.71. The van der Waals surface area contributed by atoms with Crippen molar-refractivity contribution in [2.75, 3.05) is 13.2 Å². The zero-order valence-corrected chi connectivity index (χ0v) is 12.0. The molecule has 1 saturated carbocycles. The molecule has 5 heteroatoms. The van der Waals surface area contributed by atoms with Gasteiger partial charge in [-0.2, -0.15) is 0 Å². The van der Waals surface area contributed by atoms with Crippen LogP contribution in [0.1, 0.15) is 24.8 Å². The van der Waals surface area contributed by atoms with E-state index >= 15 is 0 Å². The summed E-state index contributed by atoms with van der Waals surface area (Å²) in [6, 6.07) is 6.83. The first kappa shape index (κ1) is 14.5. The van der Waals surface area contributed by atoms with Crippen LogP contribution in [0.3, 0.4) is 0 Å². The molecule has 0 aromatic heterocycles. The topological polar surface area (TPSA) is 55.6 Å². The minimum Gasteiger partial charge on any atom is -0.375 e. The summed E-state index contributed by atoms with van der Waals surface area (Å²) in [6.45, 7) is 2.31. The molecule has 1 aromatic carbocycles. The van der Waals surface area contributed by atoms with Crippen LogP contribution in [-0.2, 0) is 16.1 Å². The summed E-state index contributed by atoms with van der Waals surface area (Å²) in [5, 5.41) is 0. The fourth-order valence-electron chi connectivity index (χ4n) is 3.46. The van der Waals surface area contributed by atoms with E-state index in [0.717, 1.165) is 37.9 Å². The van der Waals surface area contributed by atoms with E-state index in [1.165, 1.54) is 12.1 Å². The number of hydrogen-bond donors (Lipinski definition) is 1. The van der Waals surface area contributed by atoms with Gasteiger partial charge in [0, 0.05) is 25.0 Å². The van der Waals surface area contributed by atoms with Gasteiger partial charge in [-0.1, -0.05) is 12.1 Å². The normalized spacial score (nSPS) is 29.9. The van der Waals surface area contributed by atoms with Crippen LogP contribution in [0.25, 0.3) is 0 Å². The molecule has 2 N–H and O–H groups in total. The first-order valence-corrected chi connectivity index (χ1v) is 7.53. The predicted octanol–water partition coefficient (Wildman–Crippen LogP) is 1.68. The molecule has 2 fully saturated rings. The van der Waals surface area contributed by atoms with Crippen LogP contribution in [0.15, 0.2) is 24.3 Å². The molecule has 114 valence electrons. The molecular formula is C16H21FN2O2. The standard InChI is InChI=1S/C16H21FN2O2/c17-13-4-1-11(2-5-13)10-19-7-8-21-15-6-3-12(16(18)20)9-14(15)19/h1-2,4-5,12,14-15H,3,6-10H2,(H2,18,20)/t12-,14+,15+/m0/s1. The molecule has 4 nitrogen and oxygen atoms in total. The number of benzene rings is 1. The number of hydrogen-bond acceptors (Lipinski definition) is 3. The third-order valence-corrected chi connectivity index (χ3v) is 4.64. The van der Waals surface area contributed by atoms with Gasteiger partial charge in [0.2, 0.25) is 5.91 Å². The van der Waals surface area contributed by atoms with Gasteiger partial charge >= 0.3 is 0 Å². The molecule has 1 heterocycles. The molecule has 0 unspecified atom stereocenters. The summed E-state index contributed by atoms with van der Waals surface area (Å²) in [7, 11) is 0. The van der Waals surface area contributed by atoms with Gasteiger partial charge in [-0.05, 0) is 37.0 Å². The molecule has 0 spiro atoms. The monoisotopic (exact) mass is 292 g/mol. The number of halogens is 1. The zero-order valence-electron chi connectivity index (χ0n) is 12.0. The Hall–Kier alpha value is -1.46. The van der Waals surface area contributed by atoms with Crippen LogP contribution in [0.4, 0.5) is 4.39 Å². The number of fused-ring (bicyclic) bond motifs is 1. The molecule has 1 amide bonds. The van der Waals surface area contributed by atoms with E-state index in [-0.39, 0.29) is 29.8 Å². The van der Waals surface area contributed by atoms with E-state index in [1.807, 2.05) is 12.1 Å². The Kier molecular flexibility index (Phi) is 4.22. The second-order valence-corrected chi connectivity index (χ2v) is 5.99. The maximum Gasteiger partial charge on any atom is 0.220 e.